The van der Waals surface area contributed by atoms with Gasteiger partial charge in [0.1, 0.15) is 5.75 Å². The summed E-state index contributed by atoms with van der Waals surface area (Å²) < 4.78 is 5.58. The van der Waals surface area contributed by atoms with E-state index in [4.69, 9.17) is 10.5 Å². The van der Waals surface area contributed by atoms with Gasteiger partial charge in [-0.25, -0.2) is 0 Å². The summed E-state index contributed by atoms with van der Waals surface area (Å²) in [6, 6.07) is 5.61. The van der Waals surface area contributed by atoms with Crippen LogP contribution in [0.4, 0.5) is 5.69 Å². The standard InChI is InChI=1S/C16H24N2O2/c1-4-7-12-10-13(17)8-9-15(12)20-11-16(19)18-14(5-2)6-3/h4,8-10,14H,1,5-7,11,17H2,2-3H3,(H,18,19). The zero-order valence-corrected chi connectivity index (χ0v) is 12.3. The van der Waals surface area contributed by atoms with Crippen molar-refractivity contribution < 1.29 is 9.53 Å². The minimum absolute atomic E-state index is 0.0184. The molecule has 0 saturated carbocycles. The van der Waals surface area contributed by atoms with Crippen LogP contribution in [-0.2, 0) is 11.2 Å². The van der Waals surface area contributed by atoms with Gasteiger partial charge in [0.2, 0.25) is 0 Å². The van der Waals surface area contributed by atoms with Crippen LogP contribution in [0.15, 0.2) is 30.9 Å². The van der Waals surface area contributed by atoms with Crippen LogP contribution < -0.4 is 15.8 Å². The molecular weight excluding hydrogens is 252 g/mol. The maximum atomic E-state index is 11.8. The molecule has 1 aromatic rings. The number of nitrogen functional groups attached to an aromatic ring is 1. The Kier molecular flexibility index (Phi) is 6.64. The largest absolute Gasteiger partial charge is 0.483 e. The molecule has 3 N–H and O–H groups in total. The van der Waals surface area contributed by atoms with Crippen LogP contribution in [0.2, 0.25) is 0 Å². The molecule has 0 fully saturated rings. The number of ether oxygens (including phenoxy) is 1. The van der Waals surface area contributed by atoms with Crippen molar-refractivity contribution in [2.24, 2.45) is 0 Å². The second-order valence-corrected chi connectivity index (χ2v) is 4.73. The third-order valence-corrected chi connectivity index (χ3v) is 3.16. The third kappa shape index (κ3) is 4.96. The Balaban J connectivity index is 2.60. The summed E-state index contributed by atoms with van der Waals surface area (Å²) >= 11 is 0. The van der Waals surface area contributed by atoms with Gasteiger partial charge in [-0.1, -0.05) is 19.9 Å². The highest BCUT2D eigenvalue weighted by Gasteiger charge is 2.10. The molecule has 1 amide bonds. The topological polar surface area (TPSA) is 64.3 Å². The molecule has 0 aliphatic rings. The molecule has 0 bridgehead atoms. The van der Waals surface area contributed by atoms with Gasteiger partial charge in [-0.05, 0) is 43.0 Å². The summed E-state index contributed by atoms with van der Waals surface area (Å²) in [6.45, 7) is 7.83. The molecule has 0 saturated heterocycles. The van der Waals surface area contributed by atoms with Crippen molar-refractivity contribution in [1.82, 2.24) is 5.32 Å². The molecule has 1 rings (SSSR count). The lowest BCUT2D eigenvalue weighted by molar-refractivity contribution is -0.123. The highest BCUT2D eigenvalue weighted by molar-refractivity contribution is 5.77. The summed E-state index contributed by atoms with van der Waals surface area (Å²) in [7, 11) is 0. The van der Waals surface area contributed by atoms with E-state index in [1.807, 2.05) is 6.07 Å². The summed E-state index contributed by atoms with van der Waals surface area (Å²) in [4.78, 5) is 11.8. The van der Waals surface area contributed by atoms with Crippen molar-refractivity contribution in [3.05, 3.63) is 36.4 Å². The first kappa shape index (κ1) is 16.1. The van der Waals surface area contributed by atoms with E-state index in [0.29, 0.717) is 17.9 Å². The number of amides is 1. The molecule has 0 unspecified atom stereocenters. The lowest BCUT2D eigenvalue weighted by Gasteiger charge is -2.16. The van der Waals surface area contributed by atoms with Crippen LogP contribution in [0.25, 0.3) is 0 Å². The second-order valence-electron chi connectivity index (χ2n) is 4.73. The Morgan fingerprint density at radius 3 is 2.75 bits per heavy atom. The minimum atomic E-state index is -0.0971. The number of carbonyl (C=O) groups is 1. The van der Waals surface area contributed by atoms with Gasteiger partial charge >= 0.3 is 0 Å². The first-order chi connectivity index (χ1) is 9.60. The van der Waals surface area contributed by atoms with Crippen LogP contribution in [0, 0.1) is 0 Å². The fourth-order valence-corrected chi connectivity index (χ4v) is 1.96. The number of allylic oxidation sites excluding steroid dienone is 1. The average molecular weight is 276 g/mol. The molecule has 0 aromatic heterocycles. The number of anilines is 1. The van der Waals surface area contributed by atoms with E-state index in [9.17, 15) is 4.79 Å². The van der Waals surface area contributed by atoms with E-state index in [-0.39, 0.29) is 18.6 Å². The second kappa shape index (κ2) is 8.25. The number of carbonyl (C=O) groups excluding carboxylic acids is 1. The minimum Gasteiger partial charge on any atom is -0.483 e. The fraction of sp³-hybridized carbons (Fsp3) is 0.438. The normalized spacial score (nSPS) is 10.3. The van der Waals surface area contributed by atoms with Crippen LogP contribution >= 0.6 is 0 Å². The Morgan fingerprint density at radius 1 is 1.45 bits per heavy atom. The van der Waals surface area contributed by atoms with E-state index in [0.717, 1.165) is 18.4 Å². The number of rotatable bonds is 8. The molecule has 0 aliphatic carbocycles. The van der Waals surface area contributed by atoms with Gasteiger partial charge in [0.05, 0.1) is 0 Å². The molecule has 0 heterocycles. The Hall–Kier alpha value is -1.97. The summed E-state index contributed by atoms with van der Waals surface area (Å²) in [6.07, 6.45) is 4.29. The predicted molar refractivity (Wildman–Crippen MR) is 82.8 cm³/mol. The number of nitrogens with two attached hydrogens (primary N) is 1. The molecule has 20 heavy (non-hydrogen) atoms. The third-order valence-electron chi connectivity index (χ3n) is 3.16. The monoisotopic (exact) mass is 276 g/mol. The molecule has 110 valence electrons. The number of nitrogens with one attached hydrogen (secondary N) is 1. The Bertz CT molecular complexity index is 454. The smallest absolute Gasteiger partial charge is 0.258 e. The van der Waals surface area contributed by atoms with Crippen LogP contribution in [0.1, 0.15) is 32.3 Å². The number of hydrogen-bond donors (Lipinski definition) is 2. The molecular formula is C16H24N2O2. The van der Waals surface area contributed by atoms with E-state index < -0.39 is 0 Å². The molecule has 1 aromatic carbocycles. The van der Waals surface area contributed by atoms with E-state index in [1.54, 1.807) is 18.2 Å². The van der Waals surface area contributed by atoms with Gasteiger partial charge in [0, 0.05) is 11.7 Å². The summed E-state index contributed by atoms with van der Waals surface area (Å²) in [5.74, 6) is 0.582. The highest BCUT2D eigenvalue weighted by Crippen LogP contribution is 2.22. The first-order valence-corrected chi connectivity index (χ1v) is 7.02. The van der Waals surface area contributed by atoms with Crippen molar-refractivity contribution in [1.29, 1.82) is 0 Å². The van der Waals surface area contributed by atoms with Crippen LogP contribution in [0.3, 0.4) is 0 Å². The summed E-state index contributed by atoms with van der Waals surface area (Å²) in [5.41, 5.74) is 7.36. The molecule has 0 spiro atoms. The zero-order valence-electron chi connectivity index (χ0n) is 12.3. The van der Waals surface area contributed by atoms with E-state index >= 15 is 0 Å². The van der Waals surface area contributed by atoms with Gasteiger partial charge in [0.25, 0.3) is 5.91 Å². The highest BCUT2D eigenvalue weighted by atomic mass is 16.5. The average Bonchev–Trinajstić information content (AvgIpc) is 2.44. The molecule has 0 radical (unpaired) electrons. The molecule has 0 aliphatic heterocycles. The molecule has 0 atom stereocenters. The van der Waals surface area contributed by atoms with Crippen molar-refractivity contribution in [2.75, 3.05) is 12.3 Å². The maximum Gasteiger partial charge on any atom is 0.258 e. The van der Waals surface area contributed by atoms with Gasteiger partial charge in [-0.15, -0.1) is 6.58 Å². The maximum absolute atomic E-state index is 11.8. The number of benzene rings is 1. The van der Waals surface area contributed by atoms with E-state index in [1.165, 1.54) is 0 Å². The van der Waals surface area contributed by atoms with Crippen molar-refractivity contribution >= 4 is 11.6 Å². The quantitative estimate of drug-likeness (QED) is 0.567. The van der Waals surface area contributed by atoms with E-state index in [2.05, 4.69) is 25.7 Å². The Morgan fingerprint density at radius 2 is 2.15 bits per heavy atom. The summed E-state index contributed by atoms with van der Waals surface area (Å²) in [5, 5.41) is 2.94. The van der Waals surface area contributed by atoms with Crippen molar-refractivity contribution in [3.8, 4) is 5.75 Å². The fourth-order valence-electron chi connectivity index (χ4n) is 1.96. The SMILES string of the molecule is C=CCc1cc(N)ccc1OCC(=O)NC(CC)CC. The number of hydrogen-bond acceptors (Lipinski definition) is 3. The lowest BCUT2D eigenvalue weighted by Crippen LogP contribution is -2.37. The molecule has 4 nitrogen and oxygen atoms in total. The lowest BCUT2D eigenvalue weighted by atomic mass is 10.1. The predicted octanol–water partition coefficient (Wildman–Crippen LogP) is 2.68. The van der Waals surface area contributed by atoms with Crippen molar-refractivity contribution in [2.45, 2.75) is 39.2 Å². The van der Waals surface area contributed by atoms with Gasteiger partial charge < -0.3 is 15.8 Å². The molecule has 4 heteroatoms. The van der Waals surface area contributed by atoms with Gasteiger partial charge in [0.15, 0.2) is 6.61 Å². The van der Waals surface area contributed by atoms with Crippen LogP contribution in [0.5, 0.6) is 5.75 Å². The van der Waals surface area contributed by atoms with Gasteiger partial charge in [-0.2, -0.15) is 0 Å². The van der Waals surface area contributed by atoms with Crippen LogP contribution in [-0.4, -0.2) is 18.6 Å². The van der Waals surface area contributed by atoms with Gasteiger partial charge in [-0.3, -0.25) is 4.79 Å². The Labute approximate surface area is 121 Å². The first-order valence-electron chi connectivity index (χ1n) is 7.02. The zero-order chi connectivity index (χ0) is 15.0. The van der Waals surface area contributed by atoms with Crippen molar-refractivity contribution in [3.63, 3.8) is 0 Å².